The molecule has 5 nitrogen and oxygen atoms in total. The summed E-state index contributed by atoms with van der Waals surface area (Å²) in [6.07, 6.45) is 0. The fraction of sp³-hybridized carbons (Fsp3) is 0.133. The molecule has 0 aromatic heterocycles. The van der Waals surface area contributed by atoms with Gasteiger partial charge in [0, 0.05) is 11.8 Å². The van der Waals surface area contributed by atoms with Crippen LogP contribution in [0.1, 0.15) is 0 Å². The lowest BCUT2D eigenvalue weighted by atomic mass is 10.3. The third-order valence-electron chi connectivity index (χ3n) is 2.56. The van der Waals surface area contributed by atoms with Gasteiger partial charge in [-0.1, -0.05) is 6.07 Å². The fourth-order valence-electron chi connectivity index (χ4n) is 1.59. The number of ether oxygens (including phenoxy) is 2. The standard InChI is InChI=1S/C15H15NO4/c1-19-13-7-5-11(6-8-13)16-15(18)10-20-14-4-2-3-12(17)9-14/h2-9,17H,10H2,1H3,(H,16,18). The number of amides is 1. The van der Waals surface area contributed by atoms with Crippen molar-refractivity contribution < 1.29 is 19.4 Å². The Bertz CT molecular complexity index is 581. The third-order valence-corrected chi connectivity index (χ3v) is 2.56. The van der Waals surface area contributed by atoms with Crippen molar-refractivity contribution in [2.75, 3.05) is 19.0 Å². The molecule has 2 N–H and O–H groups in total. The molecule has 0 saturated carbocycles. The Morgan fingerprint density at radius 2 is 1.90 bits per heavy atom. The molecule has 20 heavy (non-hydrogen) atoms. The minimum absolute atomic E-state index is 0.0954. The predicted molar refractivity (Wildman–Crippen MR) is 75.2 cm³/mol. The zero-order chi connectivity index (χ0) is 14.4. The van der Waals surface area contributed by atoms with E-state index in [1.807, 2.05) is 0 Å². The van der Waals surface area contributed by atoms with E-state index in [0.29, 0.717) is 11.4 Å². The van der Waals surface area contributed by atoms with E-state index < -0.39 is 0 Å². The average Bonchev–Trinajstić information content (AvgIpc) is 2.46. The van der Waals surface area contributed by atoms with Crippen molar-refractivity contribution in [3.63, 3.8) is 0 Å². The number of phenolic OH excluding ortho intramolecular Hbond substituents is 1. The minimum atomic E-state index is -0.279. The number of phenols is 1. The Hall–Kier alpha value is -2.69. The highest BCUT2D eigenvalue weighted by Crippen LogP contribution is 2.18. The van der Waals surface area contributed by atoms with E-state index in [4.69, 9.17) is 9.47 Å². The van der Waals surface area contributed by atoms with E-state index in [1.54, 1.807) is 43.5 Å². The zero-order valence-electron chi connectivity index (χ0n) is 11.0. The number of rotatable bonds is 5. The van der Waals surface area contributed by atoms with Crippen LogP contribution in [0.3, 0.4) is 0 Å². The number of hydrogen-bond acceptors (Lipinski definition) is 4. The van der Waals surface area contributed by atoms with Gasteiger partial charge in [0.15, 0.2) is 6.61 Å². The van der Waals surface area contributed by atoms with Gasteiger partial charge in [-0.15, -0.1) is 0 Å². The second kappa shape index (κ2) is 6.47. The minimum Gasteiger partial charge on any atom is -0.508 e. The number of carbonyl (C=O) groups excluding carboxylic acids is 1. The van der Waals surface area contributed by atoms with Crippen LogP contribution in [-0.4, -0.2) is 24.7 Å². The van der Waals surface area contributed by atoms with Crippen LogP contribution < -0.4 is 14.8 Å². The van der Waals surface area contributed by atoms with Crippen LogP contribution in [0.2, 0.25) is 0 Å². The summed E-state index contributed by atoms with van der Waals surface area (Å²) in [4.78, 5) is 11.7. The smallest absolute Gasteiger partial charge is 0.262 e. The monoisotopic (exact) mass is 273 g/mol. The molecular weight excluding hydrogens is 258 g/mol. The molecule has 0 fully saturated rings. The highest BCUT2D eigenvalue weighted by Gasteiger charge is 2.04. The lowest BCUT2D eigenvalue weighted by Gasteiger charge is -2.08. The molecular formula is C15H15NO4. The molecule has 104 valence electrons. The van der Waals surface area contributed by atoms with Crippen molar-refractivity contribution in [3.05, 3.63) is 48.5 Å². The SMILES string of the molecule is COc1ccc(NC(=O)COc2cccc(O)c2)cc1. The Balaban J connectivity index is 1.85. The van der Waals surface area contributed by atoms with Gasteiger partial charge in [0.05, 0.1) is 7.11 Å². The summed E-state index contributed by atoms with van der Waals surface area (Å²) in [6.45, 7) is -0.129. The molecule has 1 amide bonds. The molecule has 2 rings (SSSR count). The van der Waals surface area contributed by atoms with Gasteiger partial charge >= 0.3 is 0 Å². The Morgan fingerprint density at radius 3 is 2.55 bits per heavy atom. The largest absolute Gasteiger partial charge is 0.508 e. The molecule has 0 radical (unpaired) electrons. The van der Waals surface area contributed by atoms with Crippen LogP contribution in [0.15, 0.2) is 48.5 Å². The van der Waals surface area contributed by atoms with Gasteiger partial charge in [-0.25, -0.2) is 0 Å². The van der Waals surface area contributed by atoms with Gasteiger partial charge in [-0.2, -0.15) is 0 Å². The topological polar surface area (TPSA) is 67.8 Å². The lowest BCUT2D eigenvalue weighted by Crippen LogP contribution is -2.20. The van der Waals surface area contributed by atoms with E-state index in [-0.39, 0.29) is 18.3 Å². The van der Waals surface area contributed by atoms with Crippen LogP contribution in [0.5, 0.6) is 17.2 Å². The first-order valence-electron chi connectivity index (χ1n) is 6.03. The van der Waals surface area contributed by atoms with Crippen LogP contribution in [0, 0.1) is 0 Å². The van der Waals surface area contributed by atoms with Crippen LogP contribution in [0.25, 0.3) is 0 Å². The molecule has 0 aliphatic rings. The summed E-state index contributed by atoms with van der Waals surface area (Å²) < 4.78 is 10.3. The van der Waals surface area contributed by atoms with Crippen molar-refractivity contribution in [1.82, 2.24) is 0 Å². The van der Waals surface area contributed by atoms with E-state index >= 15 is 0 Å². The highest BCUT2D eigenvalue weighted by molar-refractivity contribution is 5.91. The number of aromatic hydroxyl groups is 1. The lowest BCUT2D eigenvalue weighted by molar-refractivity contribution is -0.118. The van der Waals surface area contributed by atoms with E-state index in [0.717, 1.165) is 5.75 Å². The molecule has 0 bridgehead atoms. The summed E-state index contributed by atoms with van der Waals surface area (Å²) in [7, 11) is 1.58. The Morgan fingerprint density at radius 1 is 1.15 bits per heavy atom. The van der Waals surface area contributed by atoms with Crippen LogP contribution in [-0.2, 0) is 4.79 Å². The first-order chi connectivity index (χ1) is 9.67. The van der Waals surface area contributed by atoms with Crippen molar-refractivity contribution in [2.45, 2.75) is 0 Å². The van der Waals surface area contributed by atoms with Gasteiger partial charge < -0.3 is 19.9 Å². The summed E-state index contributed by atoms with van der Waals surface area (Å²) >= 11 is 0. The normalized spacial score (nSPS) is 9.85. The zero-order valence-corrected chi connectivity index (χ0v) is 11.0. The van der Waals surface area contributed by atoms with Gasteiger partial charge in [-0.3, -0.25) is 4.79 Å². The molecule has 0 unspecified atom stereocenters. The maximum Gasteiger partial charge on any atom is 0.262 e. The average molecular weight is 273 g/mol. The summed E-state index contributed by atoms with van der Waals surface area (Å²) in [5, 5.41) is 12.0. The molecule has 0 heterocycles. The van der Waals surface area contributed by atoms with E-state index in [1.165, 1.54) is 12.1 Å². The highest BCUT2D eigenvalue weighted by atomic mass is 16.5. The number of anilines is 1. The van der Waals surface area contributed by atoms with E-state index in [9.17, 15) is 9.90 Å². The number of benzene rings is 2. The van der Waals surface area contributed by atoms with Crippen molar-refractivity contribution in [1.29, 1.82) is 0 Å². The first kappa shape index (κ1) is 13.7. The van der Waals surface area contributed by atoms with Gasteiger partial charge in [-0.05, 0) is 36.4 Å². The second-order valence-electron chi connectivity index (χ2n) is 4.06. The van der Waals surface area contributed by atoms with E-state index in [2.05, 4.69) is 5.32 Å². The number of hydrogen-bond donors (Lipinski definition) is 2. The summed E-state index contributed by atoms with van der Waals surface area (Å²) in [5.41, 5.74) is 0.662. The third kappa shape index (κ3) is 3.91. The fourth-order valence-corrected chi connectivity index (χ4v) is 1.59. The first-order valence-corrected chi connectivity index (χ1v) is 6.03. The number of nitrogens with one attached hydrogen (secondary N) is 1. The Kier molecular flexibility index (Phi) is 4.44. The van der Waals surface area contributed by atoms with Gasteiger partial charge in [0.1, 0.15) is 17.2 Å². The molecule has 2 aromatic carbocycles. The molecule has 2 aromatic rings. The molecule has 0 aliphatic heterocycles. The molecule has 0 atom stereocenters. The van der Waals surface area contributed by atoms with Crippen LogP contribution in [0.4, 0.5) is 5.69 Å². The Labute approximate surface area is 116 Å². The van der Waals surface area contributed by atoms with Crippen molar-refractivity contribution >= 4 is 11.6 Å². The van der Waals surface area contributed by atoms with Gasteiger partial charge in [0.25, 0.3) is 5.91 Å². The number of carbonyl (C=O) groups is 1. The summed E-state index contributed by atoms with van der Waals surface area (Å²) in [5.74, 6) is 0.977. The predicted octanol–water partition coefficient (Wildman–Crippen LogP) is 2.42. The second-order valence-corrected chi connectivity index (χ2v) is 4.06. The molecule has 0 aliphatic carbocycles. The molecule has 0 saturated heterocycles. The van der Waals surface area contributed by atoms with Crippen molar-refractivity contribution in [3.8, 4) is 17.2 Å². The quantitative estimate of drug-likeness (QED) is 0.878. The van der Waals surface area contributed by atoms with Crippen LogP contribution >= 0.6 is 0 Å². The number of methoxy groups -OCH3 is 1. The maximum absolute atomic E-state index is 11.7. The van der Waals surface area contributed by atoms with Gasteiger partial charge in [0.2, 0.25) is 0 Å². The molecule has 0 spiro atoms. The molecule has 5 heteroatoms. The van der Waals surface area contributed by atoms with Crippen molar-refractivity contribution in [2.24, 2.45) is 0 Å². The summed E-state index contributed by atoms with van der Waals surface area (Å²) in [6, 6.07) is 13.3. The maximum atomic E-state index is 11.7.